The third-order valence-corrected chi connectivity index (χ3v) is 4.55. The summed E-state index contributed by atoms with van der Waals surface area (Å²) in [6, 6.07) is 15.7. The molecule has 1 aliphatic carbocycles. The van der Waals surface area contributed by atoms with Crippen LogP contribution in [0.3, 0.4) is 0 Å². The maximum atomic E-state index is 12.2. The van der Waals surface area contributed by atoms with Crippen LogP contribution in [0.4, 0.5) is 5.69 Å². The van der Waals surface area contributed by atoms with Crippen molar-refractivity contribution in [1.82, 2.24) is 5.32 Å². The van der Waals surface area contributed by atoms with Gasteiger partial charge in [-0.15, -0.1) is 0 Å². The van der Waals surface area contributed by atoms with Gasteiger partial charge in [0, 0.05) is 23.4 Å². The Morgan fingerprint density at radius 3 is 2.12 bits per heavy atom. The fourth-order valence-corrected chi connectivity index (χ4v) is 3.05. The predicted octanol–water partition coefficient (Wildman–Crippen LogP) is 2.97. The standard InChI is InChI=1S/C20H22N2O3/c23-18(21-14-20(25)12-4-5-13-20)16-8-10-17(11-9-16)22-19(24)15-6-2-1-3-7-15/h1-3,6-11,25H,4-5,12-14H2,(H,21,23)(H,22,24). The van der Waals surface area contributed by atoms with E-state index < -0.39 is 5.60 Å². The maximum Gasteiger partial charge on any atom is 0.255 e. The predicted molar refractivity (Wildman–Crippen MR) is 96.6 cm³/mol. The minimum atomic E-state index is -0.765. The molecule has 1 fully saturated rings. The fourth-order valence-electron chi connectivity index (χ4n) is 3.05. The van der Waals surface area contributed by atoms with Crippen molar-refractivity contribution in [2.45, 2.75) is 31.3 Å². The second-order valence-electron chi connectivity index (χ2n) is 6.51. The molecule has 0 aliphatic heterocycles. The number of carbonyl (C=O) groups excluding carboxylic acids is 2. The van der Waals surface area contributed by atoms with Gasteiger partial charge in [0.15, 0.2) is 0 Å². The first-order valence-corrected chi connectivity index (χ1v) is 8.53. The number of nitrogens with one attached hydrogen (secondary N) is 2. The molecule has 3 rings (SSSR count). The van der Waals surface area contributed by atoms with Crippen LogP contribution in [0.5, 0.6) is 0 Å². The monoisotopic (exact) mass is 338 g/mol. The van der Waals surface area contributed by atoms with Crippen LogP contribution in [0, 0.1) is 0 Å². The molecule has 1 aliphatic rings. The highest BCUT2D eigenvalue weighted by atomic mass is 16.3. The van der Waals surface area contributed by atoms with E-state index in [0.29, 0.717) is 16.8 Å². The van der Waals surface area contributed by atoms with Gasteiger partial charge in [-0.1, -0.05) is 31.0 Å². The Labute approximate surface area is 147 Å². The first-order chi connectivity index (χ1) is 12.1. The first-order valence-electron chi connectivity index (χ1n) is 8.53. The van der Waals surface area contributed by atoms with Gasteiger partial charge in [-0.05, 0) is 49.2 Å². The van der Waals surface area contributed by atoms with E-state index in [2.05, 4.69) is 10.6 Å². The molecule has 0 radical (unpaired) electrons. The van der Waals surface area contributed by atoms with Crippen LogP contribution in [0.15, 0.2) is 54.6 Å². The van der Waals surface area contributed by atoms with E-state index in [0.717, 1.165) is 25.7 Å². The lowest BCUT2D eigenvalue weighted by molar-refractivity contribution is 0.0449. The van der Waals surface area contributed by atoms with E-state index in [1.165, 1.54) is 0 Å². The second kappa shape index (κ2) is 7.49. The van der Waals surface area contributed by atoms with Crippen LogP contribution in [-0.2, 0) is 0 Å². The van der Waals surface area contributed by atoms with Crippen molar-refractivity contribution < 1.29 is 14.7 Å². The Hall–Kier alpha value is -2.66. The molecule has 1 saturated carbocycles. The van der Waals surface area contributed by atoms with Crippen molar-refractivity contribution in [2.24, 2.45) is 0 Å². The Balaban J connectivity index is 1.56. The molecule has 2 amide bonds. The molecule has 0 heterocycles. The minimum Gasteiger partial charge on any atom is -0.388 e. The van der Waals surface area contributed by atoms with Crippen molar-refractivity contribution in [3.8, 4) is 0 Å². The van der Waals surface area contributed by atoms with Gasteiger partial charge >= 0.3 is 0 Å². The van der Waals surface area contributed by atoms with Crippen molar-refractivity contribution in [2.75, 3.05) is 11.9 Å². The van der Waals surface area contributed by atoms with Crippen LogP contribution in [0.2, 0.25) is 0 Å². The second-order valence-corrected chi connectivity index (χ2v) is 6.51. The molecule has 0 saturated heterocycles. The van der Waals surface area contributed by atoms with Gasteiger partial charge in [-0.3, -0.25) is 9.59 Å². The van der Waals surface area contributed by atoms with E-state index in [1.807, 2.05) is 6.07 Å². The van der Waals surface area contributed by atoms with Gasteiger partial charge < -0.3 is 15.7 Å². The largest absolute Gasteiger partial charge is 0.388 e. The van der Waals surface area contributed by atoms with Crippen LogP contribution in [0.25, 0.3) is 0 Å². The van der Waals surface area contributed by atoms with Gasteiger partial charge in [-0.2, -0.15) is 0 Å². The summed E-state index contributed by atoms with van der Waals surface area (Å²) in [6.07, 6.45) is 3.47. The van der Waals surface area contributed by atoms with Gasteiger partial charge in [0.2, 0.25) is 0 Å². The summed E-state index contributed by atoms with van der Waals surface area (Å²) < 4.78 is 0. The van der Waals surface area contributed by atoms with Crippen LogP contribution in [0.1, 0.15) is 46.4 Å². The SMILES string of the molecule is O=C(NCC1(O)CCCC1)c1ccc(NC(=O)c2ccccc2)cc1. The van der Waals surface area contributed by atoms with E-state index in [4.69, 9.17) is 0 Å². The van der Waals surface area contributed by atoms with Gasteiger partial charge in [0.05, 0.1) is 5.60 Å². The molecule has 130 valence electrons. The lowest BCUT2D eigenvalue weighted by atomic mass is 10.0. The molecular formula is C20H22N2O3. The lowest BCUT2D eigenvalue weighted by Gasteiger charge is -2.22. The molecule has 0 atom stereocenters. The van der Waals surface area contributed by atoms with E-state index in [9.17, 15) is 14.7 Å². The highest BCUT2D eigenvalue weighted by Crippen LogP contribution is 2.28. The summed E-state index contributed by atoms with van der Waals surface area (Å²) in [6.45, 7) is 0.276. The van der Waals surface area contributed by atoms with Gasteiger partial charge in [0.25, 0.3) is 11.8 Å². The van der Waals surface area contributed by atoms with E-state index in [1.54, 1.807) is 48.5 Å². The molecule has 5 nitrogen and oxygen atoms in total. The van der Waals surface area contributed by atoms with E-state index in [-0.39, 0.29) is 18.4 Å². The molecule has 5 heteroatoms. The van der Waals surface area contributed by atoms with Crippen molar-refractivity contribution in [3.05, 3.63) is 65.7 Å². The summed E-state index contributed by atoms with van der Waals surface area (Å²) in [5.41, 5.74) is 0.937. The number of benzene rings is 2. The van der Waals surface area contributed by atoms with Crippen molar-refractivity contribution in [1.29, 1.82) is 0 Å². The quantitative estimate of drug-likeness (QED) is 0.784. The van der Waals surface area contributed by atoms with Crippen LogP contribution < -0.4 is 10.6 Å². The average molecular weight is 338 g/mol. The maximum absolute atomic E-state index is 12.2. The average Bonchev–Trinajstić information content (AvgIpc) is 3.08. The Kier molecular flexibility index (Phi) is 5.14. The molecule has 25 heavy (non-hydrogen) atoms. The Morgan fingerprint density at radius 2 is 1.48 bits per heavy atom. The van der Waals surface area contributed by atoms with Gasteiger partial charge in [0.1, 0.15) is 0 Å². The summed E-state index contributed by atoms with van der Waals surface area (Å²) in [5, 5.41) is 15.9. The molecule has 0 bridgehead atoms. The molecule has 0 unspecified atom stereocenters. The van der Waals surface area contributed by atoms with Crippen molar-refractivity contribution in [3.63, 3.8) is 0 Å². The Bertz CT molecular complexity index is 735. The smallest absolute Gasteiger partial charge is 0.255 e. The summed E-state index contributed by atoms with van der Waals surface area (Å²) in [5.74, 6) is -0.414. The topological polar surface area (TPSA) is 78.4 Å². The molecular weight excluding hydrogens is 316 g/mol. The Morgan fingerprint density at radius 1 is 0.880 bits per heavy atom. The molecule has 2 aromatic rings. The molecule has 0 aromatic heterocycles. The zero-order valence-corrected chi connectivity index (χ0v) is 14.0. The highest BCUT2D eigenvalue weighted by Gasteiger charge is 2.31. The molecule has 2 aromatic carbocycles. The number of aliphatic hydroxyl groups is 1. The minimum absolute atomic E-state index is 0.193. The number of hydrogen-bond donors (Lipinski definition) is 3. The highest BCUT2D eigenvalue weighted by molar-refractivity contribution is 6.04. The number of anilines is 1. The lowest BCUT2D eigenvalue weighted by Crippen LogP contribution is -2.40. The zero-order valence-electron chi connectivity index (χ0n) is 14.0. The number of amides is 2. The number of hydrogen-bond acceptors (Lipinski definition) is 3. The van der Waals surface area contributed by atoms with Gasteiger partial charge in [-0.25, -0.2) is 0 Å². The summed E-state index contributed by atoms with van der Waals surface area (Å²) in [4.78, 5) is 24.3. The number of carbonyl (C=O) groups is 2. The number of rotatable bonds is 5. The third kappa shape index (κ3) is 4.45. The third-order valence-electron chi connectivity index (χ3n) is 4.55. The van der Waals surface area contributed by atoms with Crippen LogP contribution >= 0.6 is 0 Å². The normalized spacial score (nSPS) is 15.6. The van der Waals surface area contributed by atoms with Crippen molar-refractivity contribution >= 4 is 17.5 Å². The fraction of sp³-hybridized carbons (Fsp3) is 0.300. The molecule has 0 spiro atoms. The van der Waals surface area contributed by atoms with E-state index >= 15 is 0 Å². The summed E-state index contributed by atoms with van der Waals surface area (Å²) in [7, 11) is 0. The zero-order chi connectivity index (χ0) is 17.7. The van der Waals surface area contributed by atoms with Crippen LogP contribution in [-0.4, -0.2) is 29.1 Å². The first kappa shape index (κ1) is 17.2. The molecule has 3 N–H and O–H groups in total. The summed E-state index contributed by atoms with van der Waals surface area (Å²) >= 11 is 0.